The number of hydrogen-bond acceptors (Lipinski definition) is 3. The zero-order chi connectivity index (χ0) is 11.7. The fourth-order valence-electron chi connectivity index (χ4n) is 2.22. The van der Waals surface area contributed by atoms with Gasteiger partial charge in [0.2, 0.25) is 0 Å². The number of rotatable bonds is 5. The molecule has 1 aromatic rings. The van der Waals surface area contributed by atoms with Crippen LogP contribution in [0.3, 0.4) is 0 Å². The molecule has 1 N–H and O–H groups in total. The van der Waals surface area contributed by atoms with Gasteiger partial charge in [0, 0.05) is 11.6 Å². The van der Waals surface area contributed by atoms with Crippen molar-refractivity contribution >= 4 is 0 Å². The molecule has 3 nitrogen and oxygen atoms in total. The maximum atomic E-state index is 5.78. The first kappa shape index (κ1) is 10.9. The molecule has 1 aliphatic heterocycles. The molecular formula is C14H19NO2. The Morgan fingerprint density at radius 2 is 2.29 bits per heavy atom. The Balaban J connectivity index is 1.78. The van der Waals surface area contributed by atoms with E-state index in [0.717, 1.165) is 31.1 Å². The average Bonchev–Trinajstić information content (AvgIpc) is 3.07. The predicted molar refractivity (Wildman–Crippen MR) is 66.6 cm³/mol. The maximum absolute atomic E-state index is 5.78. The second kappa shape index (κ2) is 4.57. The summed E-state index contributed by atoms with van der Waals surface area (Å²) >= 11 is 0. The number of fused-ring (bicyclic) bond motifs is 1. The molecule has 0 radical (unpaired) electrons. The Hall–Kier alpha value is -1.22. The first-order valence-corrected chi connectivity index (χ1v) is 6.53. The number of benzene rings is 1. The monoisotopic (exact) mass is 233 g/mol. The van der Waals surface area contributed by atoms with Gasteiger partial charge in [-0.05, 0) is 25.3 Å². The van der Waals surface area contributed by atoms with E-state index in [2.05, 4.69) is 24.4 Å². The molecule has 3 heteroatoms. The smallest absolute Gasteiger partial charge is 0.166 e. The highest BCUT2D eigenvalue weighted by molar-refractivity contribution is 5.50. The van der Waals surface area contributed by atoms with Crippen molar-refractivity contribution in [1.29, 1.82) is 0 Å². The van der Waals surface area contributed by atoms with Gasteiger partial charge in [0.15, 0.2) is 11.5 Å². The van der Waals surface area contributed by atoms with Crippen LogP contribution in [0.2, 0.25) is 0 Å². The van der Waals surface area contributed by atoms with Crippen LogP contribution in [0.15, 0.2) is 18.2 Å². The normalized spacial score (nSPS) is 22.1. The molecule has 0 saturated heterocycles. The molecule has 1 unspecified atom stereocenters. The van der Waals surface area contributed by atoms with Crippen LogP contribution in [0.4, 0.5) is 0 Å². The molecule has 0 aromatic heterocycles. The molecule has 0 spiro atoms. The van der Waals surface area contributed by atoms with E-state index in [1.54, 1.807) is 0 Å². The first-order valence-electron chi connectivity index (χ1n) is 6.53. The highest BCUT2D eigenvalue weighted by Crippen LogP contribution is 2.41. The zero-order valence-electron chi connectivity index (χ0n) is 10.2. The summed E-state index contributed by atoms with van der Waals surface area (Å²) in [5.74, 6) is 1.84. The maximum Gasteiger partial charge on any atom is 0.166 e. The Labute approximate surface area is 102 Å². The largest absolute Gasteiger partial charge is 0.490 e. The lowest BCUT2D eigenvalue weighted by atomic mass is 10.1. The van der Waals surface area contributed by atoms with Gasteiger partial charge in [0.25, 0.3) is 0 Å². The van der Waals surface area contributed by atoms with Crippen LogP contribution >= 0.6 is 0 Å². The number of hydrogen-bond donors (Lipinski definition) is 1. The van der Waals surface area contributed by atoms with Crippen LogP contribution < -0.4 is 14.8 Å². The van der Waals surface area contributed by atoms with Crippen molar-refractivity contribution in [3.05, 3.63) is 23.8 Å². The SMILES string of the molecule is CCCOc1cccc2c1OCC2NC1CC1. The summed E-state index contributed by atoms with van der Waals surface area (Å²) in [6.07, 6.45) is 3.63. The van der Waals surface area contributed by atoms with E-state index in [9.17, 15) is 0 Å². The summed E-state index contributed by atoms with van der Waals surface area (Å²) in [5.41, 5.74) is 1.26. The van der Waals surface area contributed by atoms with Gasteiger partial charge in [-0.1, -0.05) is 19.1 Å². The average molecular weight is 233 g/mol. The van der Waals surface area contributed by atoms with Crippen molar-refractivity contribution in [1.82, 2.24) is 5.32 Å². The Kier molecular flexibility index (Phi) is 2.93. The predicted octanol–water partition coefficient (Wildman–Crippen LogP) is 2.66. The number of ether oxygens (including phenoxy) is 2. The molecule has 0 amide bonds. The van der Waals surface area contributed by atoms with Crippen LogP contribution in [0.5, 0.6) is 11.5 Å². The van der Waals surface area contributed by atoms with Gasteiger partial charge in [-0.15, -0.1) is 0 Å². The van der Waals surface area contributed by atoms with E-state index in [-0.39, 0.29) is 0 Å². The zero-order valence-corrected chi connectivity index (χ0v) is 10.2. The summed E-state index contributed by atoms with van der Waals surface area (Å²) in [4.78, 5) is 0. The van der Waals surface area contributed by atoms with Gasteiger partial charge < -0.3 is 14.8 Å². The van der Waals surface area contributed by atoms with Crippen molar-refractivity contribution < 1.29 is 9.47 Å². The molecule has 3 rings (SSSR count). The summed E-state index contributed by atoms with van der Waals surface area (Å²) in [5, 5.41) is 3.61. The minimum Gasteiger partial charge on any atom is -0.490 e. The third-order valence-electron chi connectivity index (χ3n) is 3.26. The van der Waals surface area contributed by atoms with Crippen LogP contribution in [-0.4, -0.2) is 19.3 Å². The van der Waals surface area contributed by atoms with E-state index in [4.69, 9.17) is 9.47 Å². The van der Waals surface area contributed by atoms with Gasteiger partial charge >= 0.3 is 0 Å². The van der Waals surface area contributed by atoms with E-state index < -0.39 is 0 Å². The van der Waals surface area contributed by atoms with E-state index in [0.29, 0.717) is 12.1 Å². The molecule has 92 valence electrons. The summed E-state index contributed by atoms with van der Waals surface area (Å²) in [6.45, 7) is 3.60. The Bertz CT molecular complexity index is 401. The molecule has 2 aliphatic rings. The Morgan fingerprint density at radius 3 is 3.06 bits per heavy atom. The molecule has 17 heavy (non-hydrogen) atoms. The minimum atomic E-state index is 0.350. The van der Waals surface area contributed by atoms with Crippen molar-refractivity contribution in [2.75, 3.05) is 13.2 Å². The van der Waals surface area contributed by atoms with Crippen LogP contribution in [-0.2, 0) is 0 Å². The molecule has 1 aromatic carbocycles. The molecule has 1 atom stereocenters. The quantitative estimate of drug-likeness (QED) is 0.848. The second-order valence-electron chi connectivity index (χ2n) is 4.83. The van der Waals surface area contributed by atoms with Crippen molar-refractivity contribution in [3.8, 4) is 11.5 Å². The van der Waals surface area contributed by atoms with Crippen molar-refractivity contribution in [2.24, 2.45) is 0 Å². The summed E-state index contributed by atoms with van der Waals surface area (Å²) in [7, 11) is 0. The molecule has 1 aliphatic carbocycles. The summed E-state index contributed by atoms with van der Waals surface area (Å²) in [6, 6.07) is 7.24. The second-order valence-corrected chi connectivity index (χ2v) is 4.83. The van der Waals surface area contributed by atoms with Gasteiger partial charge in [-0.2, -0.15) is 0 Å². The van der Waals surface area contributed by atoms with Crippen molar-refractivity contribution in [2.45, 2.75) is 38.3 Å². The number of para-hydroxylation sites is 1. The lowest BCUT2D eigenvalue weighted by Gasteiger charge is -2.11. The third-order valence-corrected chi connectivity index (χ3v) is 3.26. The third kappa shape index (κ3) is 2.25. The van der Waals surface area contributed by atoms with E-state index in [1.807, 2.05) is 6.07 Å². The topological polar surface area (TPSA) is 30.5 Å². The number of nitrogens with one attached hydrogen (secondary N) is 1. The highest BCUT2D eigenvalue weighted by atomic mass is 16.5. The van der Waals surface area contributed by atoms with Gasteiger partial charge in [-0.3, -0.25) is 0 Å². The molecule has 1 heterocycles. The van der Waals surface area contributed by atoms with Crippen LogP contribution in [0, 0.1) is 0 Å². The molecule has 1 fully saturated rings. The lowest BCUT2D eigenvalue weighted by molar-refractivity contribution is 0.273. The fourth-order valence-corrected chi connectivity index (χ4v) is 2.22. The van der Waals surface area contributed by atoms with E-state index in [1.165, 1.54) is 18.4 Å². The molecular weight excluding hydrogens is 214 g/mol. The first-order chi connectivity index (χ1) is 8.38. The summed E-state index contributed by atoms with van der Waals surface area (Å²) < 4.78 is 11.5. The minimum absolute atomic E-state index is 0.350. The molecule has 0 bridgehead atoms. The van der Waals surface area contributed by atoms with E-state index >= 15 is 0 Å². The van der Waals surface area contributed by atoms with Crippen molar-refractivity contribution in [3.63, 3.8) is 0 Å². The molecule has 1 saturated carbocycles. The lowest BCUT2D eigenvalue weighted by Crippen LogP contribution is -2.24. The highest BCUT2D eigenvalue weighted by Gasteiger charge is 2.32. The standard InChI is InChI=1S/C14H19NO2/c1-2-8-16-13-5-3-4-11-12(9-17-14(11)13)15-10-6-7-10/h3-5,10,12,15H,2,6-9H2,1H3. The van der Waals surface area contributed by atoms with Crippen LogP contribution in [0.25, 0.3) is 0 Å². The van der Waals surface area contributed by atoms with Gasteiger partial charge in [0.1, 0.15) is 6.61 Å². The fraction of sp³-hybridized carbons (Fsp3) is 0.571. The van der Waals surface area contributed by atoms with Gasteiger partial charge in [0.05, 0.1) is 12.6 Å². The van der Waals surface area contributed by atoms with Crippen LogP contribution in [0.1, 0.15) is 37.8 Å². The van der Waals surface area contributed by atoms with Gasteiger partial charge in [-0.25, -0.2) is 0 Å². The Morgan fingerprint density at radius 1 is 1.41 bits per heavy atom.